The molecular weight excluding hydrogens is 268 g/mol. The first kappa shape index (κ1) is 16.4. The highest BCUT2D eigenvalue weighted by atomic mass is 32.1. The van der Waals surface area contributed by atoms with Gasteiger partial charge in [-0.2, -0.15) is 0 Å². The molecule has 0 aliphatic carbocycles. The van der Waals surface area contributed by atoms with Crippen molar-refractivity contribution in [2.24, 2.45) is 5.73 Å². The number of carbonyl (C=O) groups excluding carboxylic acids is 1. The summed E-state index contributed by atoms with van der Waals surface area (Å²) in [6.45, 7) is 4.86. The van der Waals surface area contributed by atoms with Crippen molar-refractivity contribution in [3.63, 3.8) is 0 Å². The molecule has 0 aromatic heterocycles. The lowest BCUT2D eigenvalue weighted by Crippen LogP contribution is -2.28. The number of benzene rings is 1. The van der Waals surface area contributed by atoms with Crippen LogP contribution in [0, 0.1) is 0 Å². The molecule has 0 bridgehead atoms. The molecule has 0 atom stereocenters. The summed E-state index contributed by atoms with van der Waals surface area (Å²) < 4.78 is 0. The van der Waals surface area contributed by atoms with Crippen molar-refractivity contribution in [2.75, 3.05) is 13.6 Å². The molecule has 1 aromatic carbocycles. The first-order valence-electron chi connectivity index (χ1n) is 6.71. The normalized spacial score (nSPS) is 11.0. The number of rotatable bonds is 6. The van der Waals surface area contributed by atoms with Gasteiger partial charge in [-0.25, -0.2) is 0 Å². The molecule has 0 saturated carbocycles. The van der Waals surface area contributed by atoms with Gasteiger partial charge in [0, 0.05) is 26.1 Å². The van der Waals surface area contributed by atoms with Crippen LogP contribution in [0.25, 0.3) is 6.08 Å². The van der Waals surface area contributed by atoms with Crippen molar-refractivity contribution in [3.05, 3.63) is 41.5 Å². The molecule has 0 radical (unpaired) electrons. The van der Waals surface area contributed by atoms with Gasteiger partial charge in [-0.05, 0) is 23.1 Å². The van der Waals surface area contributed by atoms with Crippen LogP contribution in [-0.4, -0.2) is 29.4 Å². The number of amides is 1. The number of hydrogen-bond acceptors (Lipinski definition) is 2. The molecule has 2 N–H and O–H groups in total. The van der Waals surface area contributed by atoms with Gasteiger partial charge < -0.3 is 10.6 Å². The van der Waals surface area contributed by atoms with E-state index in [9.17, 15) is 4.79 Å². The van der Waals surface area contributed by atoms with Crippen LogP contribution in [0.5, 0.6) is 0 Å². The maximum atomic E-state index is 11.9. The Bertz CT molecular complexity index is 492. The van der Waals surface area contributed by atoms with E-state index in [1.807, 2.05) is 18.2 Å². The summed E-state index contributed by atoms with van der Waals surface area (Å²) in [6, 6.07) is 8.22. The number of nitrogens with two attached hydrogens (primary N) is 1. The number of likely N-dealkylation sites (N-methyl/N-ethyl adjacent to an activating group) is 1. The summed E-state index contributed by atoms with van der Waals surface area (Å²) in [4.78, 5) is 13.9. The third-order valence-electron chi connectivity index (χ3n) is 3.09. The van der Waals surface area contributed by atoms with Gasteiger partial charge in [-0.3, -0.25) is 4.79 Å². The van der Waals surface area contributed by atoms with E-state index in [1.54, 1.807) is 18.0 Å². The summed E-state index contributed by atoms with van der Waals surface area (Å²) in [5, 5.41) is 0. The summed E-state index contributed by atoms with van der Waals surface area (Å²) in [7, 11) is 1.74. The average Bonchev–Trinajstić information content (AvgIpc) is 2.42. The van der Waals surface area contributed by atoms with Gasteiger partial charge in [-0.1, -0.05) is 50.3 Å². The Morgan fingerprint density at radius 2 is 1.95 bits per heavy atom. The van der Waals surface area contributed by atoms with E-state index >= 15 is 0 Å². The van der Waals surface area contributed by atoms with E-state index in [2.05, 4.69) is 26.0 Å². The Balaban J connectivity index is 2.58. The molecular formula is C16H22N2OS. The van der Waals surface area contributed by atoms with Crippen LogP contribution in [0.3, 0.4) is 0 Å². The Kier molecular flexibility index (Phi) is 6.39. The molecule has 0 unspecified atom stereocenters. The van der Waals surface area contributed by atoms with Crippen LogP contribution in [0.15, 0.2) is 30.3 Å². The van der Waals surface area contributed by atoms with Crippen LogP contribution in [0.1, 0.15) is 37.3 Å². The summed E-state index contributed by atoms with van der Waals surface area (Å²) >= 11 is 4.80. The zero-order valence-electron chi connectivity index (χ0n) is 12.3. The van der Waals surface area contributed by atoms with E-state index < -0.39 is 0 Å². The monoisotopic (exact) mass is 290 g/mol. The summed E-state index contributed by atoms with van der Waals surface area (Å²) in [6.07, 6.45) is 3.95. The van der Waals surface area contributed by atoms with Crippen molar-refractivity contribution in [1.82, 2.24) is 4.90 Å². The zero-order valence-corrected chi connectivity index (χ0v) is 13.1. The molecule has 0 aliphatic heterocycles. The van der Waals surface area contributed by atoms with E-state index in [-0.39, 0.29) is 5.91 Å². The minimum Gasteiger partial charge on any atom is -0.393 e. The smallest absolute Gasteiger partial charge is 0.246 e. The van der Waals surface area contributed by atoms with Gasteiger partial charge in [0.2, 0.25) is 5.91 Å². The lowest BCUT2D eigenvalue weighted by molar-refractivity contribution is -0.124. The Morgan fingerprint density at radius 1 is 1.35 bits per heavy atom. The van der Waals surface area contributed by atoms with E-state index in [0.717, 1.165) is 5.56 Å². The molecule has 0 aliphatic rings. The van der Waals surface area contributed by atoms with Gasteiger partial charge in [0.15, 0.2) is 0 Å². The van der Waals surface area contributed by atoms with E-state index in [1.165, 1.54) is 5.56 Å². The van der Waals surface area contributed by atoms with Crippen molar-refractivity contribution in [2.45, 2.75) is 26.2 Å². The fourth-order valence-corrected chi connectivity index (χ4v) is 1.77. The lowest BCUT2D eigenvalue weighted by atomic mass is 10.0. The fraction of sp³-hybridized carbons (Fsp3) is 0.375. The molecule has 20 heavy (non-hydrogen) atoms. The third kappa shape index (κ3) is 5.53. The Morgan fingerprint density at radius 3 is 2.45 bits per heavy atom. The molecule has 4 heteroatoms. The largest absolute Gasteiger partial charge is 0.393 e. The molecule has 0 fully saturated rings. The lowest BCUT2D eigenvalue weighted by Gasteiger charge is -2.14. The summed E-state index contributed by atoms with van der Waals surface area (Å²) in [5.41, 5.74) is 7.73. The molecule has 3 nitrogen and oxygen atoms in total. The zero-order chi connectivity index (χ0) is 15.1. The fourth-order valence-electron chi connectivity index (χ4n) is 1.67. The van der Waals surface area contributed by atoms with Crippen LogP contribution in [0.2, 0.25) is 0 Å². The highest BCUT2D eigenvalue weighted by molar-refractivity contribution is 7.80. The van der Waals surface area contributed by atoms with Crippen LogP contribution < -0.4 is 5.73 Å². The predicted molar refractivity (Wildman–Crippen MR) is 88.6 cm³/mol. The first-order chi connectivity index (χ1) is 9.40. The molecule has 0 heterocycles. The van der Waals surface area contributed by atoms with Crippen LogP contribution in [-0.2, 0) is 4.79 Å². The maximum Gasteiger partial charge on any atom is 0.246 e. The van der Waals surface area contributed by atoms with Gasteiger partial charge in [-0.15, -0.1) is 0 Å². The number of thiocarbonyl (C=S) groups is 1. The van der Waals surface area contributed by atoms with Gasteiger partial charge in [0.05, 0.1) is 4.99 Å². The molecule has 0 saturated heterocycles. The number of hydrogen-bond donors (Lipinski definition) is 1. The van der Waals surface area contributed by atoms with Gasteiger partial charge >= 0.3 is 0 Å². The second-order valence-electron chi connectivity index (χ2n) is 5.13. The first-order valence-corrected chi connectivity index (χ1v) is 7.12. The van der Waals surface area contributed by atoms with E-state index in [4.69, 9.17) is 18.0 Å². The predicted octanol–water partition coefficient (Wildman–Crippen LogP) is 2.96. The summed E-state index contributed by atoms with van der Waals surface area (Å²) in [5.74, 6) is 0.468. The number of carbonyl (C=O) groups is 1. The maximum absolute atomic E-state index is 11.9. The second-order valence-corrected chi connectivity index (χ2v) is 5.66. The Hall–Kier alpha value is -1.68. The van der Waals surface area contributed by atoms with Crippen LogP contribution in [0.4, 0.5) is 0 Å². The minimum atomic E-state index is -0.0470. The van der Waals surface area contributed by atoms with Gasteiger partial charge in [0.1, 0.15) is 0 Å². The Labute approximate surface area is 126 Å². The SMILES string of the molecule is CC(C)c1ccc(/C=C/C(=O)N(C)CCC(N)=S)cc1. The molecule has 1 rings (SSSR count). The quantitative estimate of drug-likeness (QED) is 0.647. The molecule has 1 amide bonds. The van der Waals surface area contributed by atoms with Crippen LogP contribution >= 0.6 is 12.2 Å². The van der Waals surface area contributed by atoms with Crippen molar-refractivity contribution < 1.29 is 4.79 Å². The topological polar surface area (TPSA) is 46.3 Å². The van der Waals surface area contributed by atoms with Crippen molar-refractivity contribution in [3.8, 4) is 0 Å². The standard InChI is InChI=1S/C16H22N2OS/c1-12(2)14-7-4-13(5-8-14)6-9-16(19)18(3)11-10-15(17)20/h4-9,12H,10-11H2,1-3H3,(H2,17,20)/b9-6+. The van der Waals surface area contributed by atoms with Gasteiger partial charge in [0.25, 0.3) is 0 Å². The third-order valence-corrected chi connectivity index (χ3v) is 3.30. The highest BCUT2D eigenvalue weighted by Crippen LogP contribution is 2.15. The van der Waals surface area contributed by atoms with Crippen molar-refractivity contribution >= 4 is 29.2 Å². The van der Waals surface area contributed by atoms with Crippen molar-refractivity contribution in [1.29, 1.82) is 0 Å². The average molecular weight is 290 g/mol. The molecule has 1 aromatic rings. The second kappa shape index (κ2) is 7.80. The molecule has 0 spiro atoms. The van der Waals surface area contributed by atoms with E-state index in [0.29, 0.717) is 23.9 Å². The minimum absolute atomic E-state index is 0.0470. The highest BCUT2D eigenvalue weighted by Gasteiger charge is 2.04. The number of nitrogens with zero attached hydrogens (tertiary/aromatic N) is 1. The molecule has 108 valence electrons.